The van der Waals surface area contributed by atoms with E-state index in [1.54, 1.807) is 17.7 Å². The molecule has 98 valence electrons. The fourth-order valence-electron chi connectivity index (χ4n) is 1.86. The molecule has 0 atom stereocenters. The van der Waals surface area contributed by atoms with E-state index >= 15 is 0 Å². The van der Waals surface area contributed by atoms with E-state index in [-0.39, 0.29) is 5.95 Å². The van der Waals surface area contributed by atoms with Crippen molar-refractivity contribution in [2.24, 2.45) is 0 Å². The van der Waals surface area contributed by atoms with Crippen LogP contribution in [0.5, 0.6) is 0 Å². The number of rotatable bonds is 3. The molecule has 6 nitrogen and oxygen atoms in total. The summed E-state index contributed by atoms with van der Waals surface area (Å²) in [4.78, 5) is 18.8. The average Bonchev–Trinajstić information content (AvgIpc) is 2.96. The van der Waals surface area contributed by atoms with Gasteiger partial charge in [-0.3, -0.25) is 0 Å². The van der Waals surface area contributed by atoms with Crippen LogP contribution in [0, 0.1) is 0 Å². The number of nitrogens with zero attached hydrogens (tertiary/aromatic N) is 4. The molecule has 0 bridgehead atoms. The molecule has 3 rings (SSSR count). The van der Waals surface area contributed by atoms with Crippen LogP contribution < -0.4 is 10.6 Å². The second-order valence-electron chi connectivity index (χ2n) is 4.09. The van der Waals surface area contributed by atoms with Crippen molar-refractivity contribution in [2.45, 2.75) is 6.54 Å². The summed E-state index contributed by atoms with van der Waals surface area (Å²) in [6.45, 7) is 0.751. The van der Waals surface area contributed by atoms with Gasteiger partial charge in [-0.1, -0.05) is 0 Å². The highest BCUT2D eigenvalue weighted by Gasteiger charge is 2.13. The number of nitrogen functional groups attached to an aromatic ring is 1. The van der Waals surface area contributed by atoms with E-state index in [4.69, 9.17) is 5.73 Å². The first kappa shape index (κ1) is 12.4. The molecule has 0 radical (unpaired) electrons. The van der Waals surface area contributed by atoms with E-state index in [2.05, 4.69) is 47.3 Å². The van der Waals surface area contributed by atoms with E-state index < -0.39 is 0 Å². The fraction of sp³-hybridized carbons (Fsp3) is 0.182. The first-order chi connectivity index (χ1) is 9.13. The van der Waals surface area contributed by atoms with Crippen LogP contribution in [0.1, 0.15) is 4.88 Å². The Morgan fingerprint density at radius 2 is 2.32 bits per heavy atom. The van der Waals surface area contributed by atoms with Gasteiger partial charge in [0.2, 0.25) is 5.95 Å². The predicted octanol–water partition coefficient (Wildman–Crippen LogP) is 2.40. The lowest BCUT2D eigenvalue weighted by molar-refractivity contribution is 0.914. The van der Waals surface area contributed by atoms with E-state index in [9.17, 15) is 0 Å². The minimum atomic E-state index is 0.230. The zero-order valence-corrected chi connectivity index (χ0v) is 12.5. The molecular weight excluding hydrogens is 328 g/mol. The number of hydrogen-bond donors (Lipinski definition) is 2. The summed E-state index contributed by atoms with van der Waals surface area (Å²) < 4.78 is 1.09. The second kappa shape index (κ2) is 4.78. The van der Waals surface area contributed by atoms with Crippen molar-refractivity contribution in [3.63, 3.8) is 0 Å². The smallest absolute Gasteiger partial charge is 0.224 e. The number of imidazole rings is 1. The van der Waals surface area contributed by atoms with E-state index in [0.29, 0.717) is 5.65 Å². The van der Waals surface area contributed by atoms with Gasteiger partial charge in [0, 0.05) is 21.8 Å². The molecule has 3 N–H and O–H groups in total. The minimum absolute atomic E-state index is 0.230. The van der Waals surface area contributed by atoms with Gasteiger partial charge in [-0.2, -0.15) is 9.97 Å². The molecule has 3 heterocycles. The largest absolute Gasteiger partial charge is 0.368 e. The van der Waals surface area contributed by atoms with Crippen molar-refractivity contribution in [1.29, 1.82) is 0 Å². The molecule has 0 aliphatic heterocycles. The first-order valence-corrected chi connectivity index (χ1v) is 7.21. The third-order valence-electron chi connectivity index (χ3n) is 2.66. The maximum absolute atomic E-state index is 5.71. The van der Waals surface area contributed by atoms with Crippen LogP contribution in [0.2, 0.25) is 0 Å². The third kappa shape index (κ3) is 2.41. The number of aromatic amines is 1. The van der Waals surface area contributed by atoms with Crippen molar-refractivity contribution in [1.82, 2.24) is 19.9 Å². The molecule has 8 heteroatoms. The Labute approximate surface area is 121 Å². The van der Waals surface area contributed by atoms with Gasteiger partial charge in [-0.05, 0) is 22.0 Å². The summed E-state index contributed by atoms with van der Waals surface area (Å²) in [7, 11) is 1.97. The summed E-state index contributed by atoms with van der Waals surface area (Å²) in [5.41, 5.74) is 7.09. The molecule has 0 aliphatic carbocycles. The summed E-state index contributed by atoms with van der Waals surface area (Å²) in [6, 6.07) is 2.09. The average molecular weight is 339 g/mol. The molecule has 0 aliphatic rings. The van der Waals surface area contributed by atoms with Gasteiger partial charge in [0.25, 0.3) is 0 Å². The lowest BCUT2D eigenvalue weighted by Crippen LogP contribution is -2.18. The van der Waals surface area contributed by atoms with E-state index in [1.165, 1.54) is 4.88 Å². The summed E-state index contributed by atoms with van der Waals surface area (Å²) in [6.07, 6.45) is 1.60. The first-order valence-electron chi connectivity index (χ1n) is 5.54. The number of fused-ring (bicyclic) bond motifs is 1. The Hall–Kier alpha value is -1.67. The number of halogens is 1. The normalized spacial score (nSPS) is 11.1. The van der Waals surface area contributed by atoms with Crippen molar-refractivity contribution >= 4 is 50.2 Å². The van der Waals surface area contributed by atoms with Crippen LogP contribution in [0.3, 0.4) is 0 Å². The quantitative estimate of drug-likeness (QED) is 0.766. The fourth-order valence-corrected chi connectivity index (χ4v) is 3.36. The van der Waals surface area contributed by atoms with Gasteiger partial charge in [0.05, 0.1) is 12.9 Å². The van der Waals surface area contributed by atoms with Crippen LogP contribution >= 0.6 is 27.3 Å². The van der Waals surface area contributed by atoms with Gasteiger partial charge in [-0.15, -0.1) is 11.3 Å². The van der Waals surface area contributed by atoms with Crippen molar-refractivity contribution < 1.29 is 0 Å². The zero-order valence-electron chi connectivity index (χ0n) is 10.1. The predicted molar refractivity (Wildman–Crippen MR) is 80.2 cm³/mol. The van der Waals surface area contributed by atoms with Crippen LogP contribution in [0.4, 0.5) is 11.8 Å². The molecule has 0 spiro atoms. The number of nitrogens with two attached hydrogens (primary N) is 1. The molecule has 0 saturated carbocycles. The Balaban J connectivity index is 1.96. The molecule has 3 aromatic rings. The van der Waals surface area contributed by atoms with Crippen LogP contribution in [0.15, 0.2) is 22.2 Å². The van der Waals surface area contributed by atoms with Gasteiger partial charge < -0.3 is 15.6 Å². The highest BCUT2D eigenvalue weighted by atomic mass is 79.9. The Bertz CT molecular complexity index is 721. The van der Waals surface area contributed by atoms with Crippen LogP contribution in [0.25, 0.3) is 11.2 Å². The molecule has 3 aromatic heterocycles. The molecular formula is C11H11BrN6S. The standard InChI is InChI=1S/C11H11BrN6S/c1-18(3-7-2-6(12)4-19-7)10-8-9(15-5-14-8)16-11(13)17-10/h2,4-5H,3H2,1H3,(H3,13,14,15,16,17). The minimum Gasteiger partial charge on any atom is -0.368 e. The lowest BCUT2D eigenvalue weighted by atomic mass is 10.4. The maximum Gasteiger partial charge on any atom is 0.224 e. The lowest BCUT2D eigenvalue weighted by Gasteiger charge is -2.17. The summed E-state index contributed by atoms with van der Waals surface area (Å²) in [5.74, 6) is 0.985. The maximum atomic E-state index is 5.71. The van der Waals surface area contributed by atoms with Crippen LogP contribution in [-0.4, -0.2) is 27.0 Å². The van der Waals surface area contributed by atoms with E-state index in [1.807, 2.05) is 11.9 Å². The number of H-pyrrole nitrogens is 1. The van der Waals surface area contributed by atoms with Crippen molar-refractivity contribution in [2.75, 3.05) is 17.7 Å². The number of hydrogen-bond acceptors (Lipinski definition) is 6. The zero-order chi connectivity index (χ0) is 13.4. The van der Waals surface area contributed by atoms with E-state index in [0.717, 1.165) is 22.4 Å². The number of aromatic nitrogens is 4. The SMILES string of the molecule is CN(Cc1cc(Br)cs1)c1nc(N)nc2nc[nH]c12. The van der Waals surface area contributed by atoms with Gasteiger partial charge in [0.1, 0.15) is 5.52 Å². The number of anilines is 2. The molecule has 19 heavy (non-hydrogen) atoms. The van der Waals surface area contributed by atoms with Crippen molar-refractivity contribution in [3.8, 4) is 0 Å². The molecule has 0 aromatic carbocycles. The molecule has 0 fully saturated rings. The third-order valence-corrected chi connectivity index (χ3v) is 4.34. The number of nitrogens with one attached hydrogen (secondary N) is 1. The highest BCUT2D eigenvalue weighted by molar-refractivity contribution is 9.10. The summed E-state index contributed by atoms with van der Waals surface area (Å²) >= 11 is 5.15. The molecule has 0 saturated heterocycles. The van der Waals surface area contributed by atoms with Crippen LogP contribution in [-0.2, 0) is 6.54 Å². The highest BCUT2D eigenvalue weighted by Crippen LogP contribution is 2.25. The van der Waals surface area contributed by atoms with Gasteiger partial charge >= 0.3 is 0 Å². The Morgan fingerprint density at radius 3 is 3.05 bits per heavy atom. The molecule has 0 amide bonds. The van der Waals surface area contributed by atoms with Gasteiger partial charge in [0.15, 0.2) is 11.5 Å². The molecule has 0 unspecified atom stereocenters. The summed E-state index contributed by atoms with van der Waals surface area (Å²) in [5, 5.41) is 2.06. The Morgan fingerprint density at radius 1 is 1.47 bits per heavy atom. The van der Waals surface area contributed by atoms with Gasteiger partial charge in [-0.25, -0.2) is 4.98 Å². The Kier molecular flexibility index (Phi) is 3.11. The second-order valence-corrected chi connectivity index (χ2v) is 6.01. The van der Waals surface area contributed by atoms with Crippen molar-refractivity contribution in [3.05, 3.63) is 27.1 Å². The number of thiophene rings is 1. The topological polar surface area (TPSA) is 83.7 Å². The monoisotopic (exact) mass is 338 g/mol.